The van der Waals surface area contributed by atoms with Crippen LogP contribution in [0.1, 0.15) is 10.5 Å². The normalized spacial score (nSPS) is 10.8. The number of carbonyl (C=O) groups is 1. The quantitative estimate of drug-likeness (QED) is 0.725. The Balaban J connectivity index is 2.19. The van der Waals surface area contributed by atoms with Crippen molar-refractivity contribution in [3.05, 3.63) is 36.2 Å². The maximum atomic E-state index is 10.7. The van der Waals surface area contributed by atoms with E-state index in [1.807, 2.05) is 6.07 Å². The second-order valence-electron chi connectivity index (χ2n) is 3.43. The van der Waals surface area contributed by atoms with Crippen molar-refractivity contribution in [2.24, 2.45) is 0 Å². The predicted molar refractivity (Wildman–Crippen MR) is 56.5 cm³/mol. The van der Waals surface area contributed by atoms with Crippen LogP contribution in [-0.4, -0.2) is 21.4 Å². The lowest BCUT2D eigenvalue weighted by Crippen LogP contribution is -1.94. The van der Waals surface area contributed by atoms with Crippen LogP contribution >= 0.6 is 0 Å². The average molecular weight is 230 g/mol. The summed E-state index contributed by atoms with van der Waals surface area (Å²) < 4.78 is 10.1. The Morgan fingerprint density at radius 3 is 2.94 bits per heavy atom. The zero-order valence-electron chi connectivity index (χ0n) is 8.45. The van der Waals surface area contributed by atoms with Crippen LogP contribution in [-0.2, 0) is 0 Å². The largest absolute Gasteiger partial charge is 0.476 e. The third-order valence-corrected chi connectivity index (χ3v) is 2.38. The Morgan fingerprint density at radius 1 is 1.29 bits per heavy atom. The first-order chi connectivity index (χ1) is 8.25. The van der Waals surface area contributed by atoms with E-state index in [1.165, 1.54) is 6.07 Å². The third kappa shape index (κ3) is 1.46. The lowest BCUT2D eigenvalue weighted by atomic mass is 10.1. The molecular formula is C11H6N2O4. The first kappa shape index (κ1) is 9.59. The molecule has 3 aromatic rings. The lowest BCUT2D eigenvalue weighted by molar-refractivity contribution is 0.0686. The number of hydrogen-bond donors (Lipinski definition) is 1. The van der Waals surface area contributed by atoms with Crippen molar-refractivity contribution in [1.82, 2.24) is 10.3 Å². The topological polar surface area (TPSA) is 89.4 Å². The number of hydrogen-bond acceptors (Lipinski definition) is 5. The molecule has 6 heteroatoms. The number of aromatic nitrogens is 2. The molecule has 0 fully saturated rings. The minimum absolute atomic E-state index is 0.142. The van der Waals surface area contributed by atoms with E-state index in [1.54, 1.807) is 18.3 Å². The van der Waals surface area contributed by atoms with Crippen LogP contribution in [0.25, 0.3) is 22.3 Å². The van der Waals surface area contributed by atoms with Gasteiger partial charge in [-0.1, -0.05) is 16.4 Å². The third-order valence-electron chi connectivity index (χ3n) is 2.38. The van der Waals surface area contributed by atoms with Crippen LogP contribution in [0.15, 0.2) is 39.5 Å². The van der Waals surface area contributed by atoms with Crippen molar-refractivity contribution in [3.63, 3.8) is 0 Å². The van der Waals surface area contributed by atoms with Gasteiger partial charge in [-0.05, 0) is 12.1 Å². The monoisotopic (exact) mass is 230 g/mol. The summed E-state index contributed by atoms with van der Waals surface area (Å²) in [5.41, 5.74) is 1.03. The summed E-state index contributed by atoms with van der Waals surface area (Å²) in [5, 5.41) is 16.7. The molecule has 3 rings (SSSR count). The Hall–Kier alpha value is -2.63. The van der Waals surface area contributed by atoms with Gasteiger partial charge in [-0.2, -0.15) is 0 Å². The van der Waals surface area contributed by atoms with Gasteiger partial charge in [0.05, 0.1) is 11.8 Å². The molecule has 2 heterocycles. The first-order valence-corrected chi connectivity index (χ1v) is 4.79. The van der Waals surface area contributed by atoms with Crippen LogP contribution in [0, 0.1) is 0 Å². The fourth-order valence-corrected chi connectivity index (χ4v) is 1.59. The van der Waals surface area contributed by atoms with Crippen LogP contribution in [0.5, 0.6) is 0 Å². The lowest BCUT2D eigenvalue weighted by Gasteiger charge is -1.94. The van der Waals surface area contributed by atoms with Crippen molar-refractivity contribution < 1.29 is 18.9 Å². The van der Waals surface area contributed by atoms with Crippen LogP contribution in [0.2, 0.25) is 0 Å². The minimum atomic E-state index is -1.13. The van der Waals surface area contributed by atoms with E-state index in [0.29, 0.717) is 16.9 Å². The molecular weight excluding hydrogens is 224 g/mol. The van der Waals surface area contributed by atoms with Gasteiger partial charge in [-0.25, -0.2) is 4.79 Å². The fraction of sp³-hybridized carbons (Fsp3) is 0. The second kappa shape index (κ2) is 3.44. The minimum Gasteiger partial charge on any atom is -0.476 e. The van der Waals surface area contributed by atoms with Gasteiger partial charge in [0.15, 0.2) is 17.0 Å². The van der Waals surface area contributed by atoms with Gasteiger partial charge in [0, 0.05) is 11.5 Å². The van der Waals surface area contributed by atoms with E-state index < -0.39 is 5.97 Å². The highest BCUT2D eigenvalue weighted by Gasteiger charge is 2.15. The Morgan fingerprint density at radius 2 is 2.18 bits per heavy atom. The molecule has 0 bridgehead atoms. The van der Waals surface area contributed by atoms with Crippen molar-refractivity contribution in [2.75, 3.05) is 0 Å². The summed E-state index contributed by atoms with van der Waals surface area (Å²) in [7, 11) is 0. The number of benzene rings is 1. The van der Waals surface area contributed by atoms with E-state index in [9.17, 15) is 4.79 Å². The van der Waals surface area contributed by atoms with Gasteiger partial charge < -0.3 is 14.2 Å². The molecule has 0 spiro atoms. The highest BCUT2D eigenvalue weighted by Crippen LogP contribution is 2.28. The highest BCUT2D eigenvalue weighted by molar-refractivity contribution is 5.92. The van der Waals surface area contributed by atoms with Crippen LogP contribution in [0.3, 0.4) is 0 Å². The first-order valence-electron chi connectivity index (χ1n) is 4.79. The molecule has 6 nitrogen and oxygen atoms in total. The zero-order valence-corrected chi connectivity index (χ0v) is 8.45. The summed E-state index contributed by atoms with van der Waals surface area (Å²) in [6, 6.07) is 6.74. The molecule has 0 atom stereocenters. The maximum Gasteiger partial charge on any atom is 0.358 e. The zero-order chi connectivity index (χ0) is 11.8. The van der Waals surface area contributed by atoms with Crippen molar-refractivity contribution in [2.45, 2.75) is 0 Å². The van der Waals surface area contributed by atoms with Gasteiger partial charge in [-0.15, -0.1) is 0 Å². The molecule has 0 aliphatic heterocycles. The molecule has 17 heavy (non-hydrogen) atoms. The Kier molecular flexibility index (Phi) is 1.94. The van der Waals surface area contributed by atoms with Gasteiger partial charge in [0.25, 0.3) is 0 Å². The van der Waals surface area contributed by atoms with Crippen LogP contribution in [0.4, 0.5) is 0 Å². The van der Waals surface area contributed by atoms with E-state index in [-0.39, 0.29) is 5.69 Å². The smallest absolute Gasteiger partial charge is 0.358 e. The number of rotatable bonds is 2. The second-order valence-corrected chi connectivity index (χ2v) is 3.43. The van der Waals surface area contributed by atoms with Gasteiger partial charge >= 0.3 is 5.97 Å². The molecule has 1 aromatic carbocycles. The van der Waals surface area contributed by atoms with Crippen molar-refractivity contribution >= 4 is 16.9 Å². The summed E-state index contributed by atoms with van der Waals surface area (Å²) >= 11 is 0. The Labute approximate surface area is 94.4 Å². The van der Waals surface area contributed by atoms with Crippen LogP contribution < -0.4 is 0 Å². The predicted octanol–water partition coefficient (Wildman–Crippen LogP) is 2.18. The molecule has 84 valence electrons. The molecule has 0 unspecified atom stereocenters. The average Bonchev–Trinajstić information content (AvgIpc) is 2.97. The SMILES string of the molecule is O=C(O)c1cc(-c2cccc3cnoc23)on1. The summed E-state index contributed by atoms with van der Waals surface area (Å²) in [6.45, 7) is 0. The number of carboxylic acid groups (broad SMARTS) is 1. The van der Waals surface area contributed by atoms with E-state index >= 15 is 0 Å². The standard InChI is InChI=1S/C11H6N2O4/c14-11(15)8-4-9(16-13-8)7-3-1-2-6-5-12-17-10(6)7/h1-5H,(H,14,15). The number of carboxylic acids is 1. The molecule has 0 aliphatic rings. The molecule has 0 amide bonds. The number of fused-ring (bicyclic) bond motifs is 1. The van der Waals surface area contributed by atoms with E-state index in [0.717, 1.165) is 5.39 Å². The number of nitrogens with zero attached hydrogens (tertiary/aromatic N) is 2. The fourth-order valence-electron chi connectivity index (χ4n) is 1.59. The summed E-state index contributed by atoms with van der Waals surface area (Å²) in [4.78, 5) is 10.7. The summed E-state index contributed by atoms with van der Waals surface area (Å²) in [5.74, 6) is -0.797. The van der Waals surface area contributed by atoms with Crippen molar-refractivity contribution in [3.8, 4) is 11.3 Å². The Bertz CT molecular complexity index is 698. The molecule has 0 aliphatic carbocycles. The molecule has 2 aromatic heterocycles. The molecule has 0 saturated heterocycles. The highest BCUT2D eigenvalue weighted by atomic mass is 16.5. The maximum absolute atomic E-state index is 10.7. The molecule has 0 radical (unpaired) electrons. The van der Waals surface area contributed by atoms with Gasteiger partial charge in [0.1, 0.15) is 0 Å². The number of aromatic carboxylic acids is 1. The van der Waals surface area contributed by atoms with E-state index in [2.05, 4.69) is 10.3 Å². The molecule has 0 saturated carbocycles. The van der Waals surface area contributed by atoms with Crippen molar-refractivity contribution in [1.29, 1.82) is 0 Å². The summed E-state index contributed by atoms with van der Waals surface area (Å²) in [6.07, 6.45) is 1.58. The number of para-hydroxylation sites is 1. The van der Waals surface area contributed by atoms with Gasteiger partial charge in [0.2, 0.25) is 0 Å². The molecule has 1 N–H and O–H groups in total. The van der Waals surface area contributed by atoms with E-state index in [4.69, 9.17) is 14.2 Å². The van der Waals surface area contributed by atoms with Gasteiger partial charge in [-0.3, -0.25) is 0 Å².